The highest BCUT2D eigenvalue weighted by atomic mass is 14.3. The maximum absolute atomic E-state index is 2.41. The van der Waals surface area contributed by atoms with E-state index in [1.165, 1.54) is 50.5 Å². The van der Waals surface area contributed by atoms with Crippen molar-refractivity contribution < 1.29 is 0 Å². The summed E-state index contributed by atoms with van der Waals surface area (Å²) in [6.45, 7) is 4.67. The molecule has 1 aromatic carbocycles. The highest BCUT2D eigenvalue weighted by Crippen LogP contribution is 2.36. The van der Waals surface area contributed by atoms with Crippen LogP contribution in [0.4, 0.5) is 0 Å². The van der Waals surface area contributed by atoms with E-state index in [1.54, 1.807) is 5.56 Å². The van der Waals surface area contributed by atoms with E-state index in [9.17, 15) is 0 Å². The molecule has 0 spiro atoms. The third-order valence-corrected chi connectivity index (χ3v) is 4.43. The molecule has 2 rings (SSSR count). The zero-order chi connectivity index (χ0) is 12.1. The topological polar surface area (TPSA) is 0 Å². The quantitative estimate of drug-likeness (QED) is 0.642. The van der Waals surface area contributed by atoms with Crippen LogP contribution in [0.5, 0.6) is 0 Å². The Bertz CT molecular complexity index is 316. The number of aryl methyl sites for hydroxylation is 1. The highest BCUT2D eigenvalue weighted by molar-refractivity contribution is 5.25. The van der Waals surface area contributed by atoms with E-state index in [2.05, 4.69) is 38.1 Å². The van der Waals surface area contributed by atoms with Crippen molar-refractivity contribution in [2.24, 2.45) is 5.92 Å². The summed E-state index contributed by atoms with van der Waals surface area (Å²) >= 11 is 0. The molecule has 94 valence electrons. The van der Waals surface area contributed by atoms with Gasteiger partial charge in [-0.25, -0.2) is 0 Å². The Hall–Kier alpha value is -0.780. The fourth-order valence-electron chi connectivity index (χ4n) is 3.10. The molecule has 0 heterocycles. The van der Waals surface area contributed by atoms with Gasteiger partial charge in [0, 0.05) is 0 Å². The second-order valence-corrected chi connectivity index (χ2v) is 5.68. The first kappa shape index (κ1) is 12.7. The van der Waals surface area contributed by atoms with Crippen LogP contribution in [-0.4, -0.2) is 0 Å². The van der Waals surface area contributed by atoms with Gasteiger partial charge in [-0.05, 0) is 48.6 Å². The maximum atomic E-state index is 2.41. The summed E-state index contributed by atoms with van der Waals surface area (Å²) in [4.78, 5) is 0. The molecule has 0 radical (unpaired) electrons. The molecule has 1 saturated carbocycles. The largest absolute Gasteiger partial charge is 0.0654 e. The molecule has 1 aliphatic rings. The Balaban J connectivity index is 1.96. The minimum Gasteiger partial charge on any atom is -0.0654 e. The highest BCUT2D eigenvalue weighted by Gasteiger charge is 2.22. The Morgan fingerprint density at radius 1 is 1.12 bits per heavy atom. The predicted octanol–water partition coefficient (Wildman–Crippen LogP) is 5.32. The van der Waals surface area contributed by atoms with Gasteiger partial charge in [-0.15, -0.1) is 0 Å². The van der Waals surface area contributed by atoms with Crippen molar-refractivity contribution in [1.29, 1.82) is 0 Å². The fourth-order valence-corrected chi connectivity index (χ4v) is 3.10. The van der Waals surface area contributed by atoms with Gasteiger partial charge < -0.3 is 0 Å². The van der Waals surface area contributed by atoms with E-state index >= 15 is 0 Å². The van der Waals surface area contributed by atoms with E-state index in [-0.39, 0.29) is 0 Å². The molecule has 0 N–H and O–H groups in total. The van der Waals surface area contributed by atoms with Gasteiger partial charge in [0.15, 0.2) is 0 Å². The lowest BCUT2D eigenvalue weighted by Crippen LogP contribution is -2.05. The number of rotatable bonds is 5. The average Bonchev–Trinajstić information content (AvgIpc) is 2.90. The van der Waals surface area contributed by atoms with Gasteiger partial charge in [-0.3, -0.25) is 0 Å². The van der Waals surface area contributed by atoms with E-state index in [0.717, 1.165) is 11.8 Å². The molecule has 1 atom stereocenters. The van der Waals surface area contributed by atoms with Crippen molar-refractivity contribution in [1.82, 2.24) is 0 Å². The second-order valence-electron chi connectivity index (χ2n) is 5.68. The Kier molecular flexibility index (Phi) is 4.65. The molecule has 0 amide bonds. The summed E-state index contributed by atoms with van der Waals surface area (Å²) in [5.41, 5.74) is 3.06. The summed E-state index contributed by atoms with van der Waals surface area (Å²) < 4.78 is 0. The van der Waals surface area contributed by atoms with Crippen LogP contribution >= 0.6 is 0 Å². The molecule has 0 unspecified atom stereocenters. The summed E-state index contributed by atoms with van der Waals surface area (Å²) in [6.07, 6.45) is 9.64. The molecule has 0 aromatic heterocycles. The lowest BCUT2D eigenvalue weighted by molar-refractivity contribution is 0.461. The van der Waals surface area contributed by atoms with Gasteiger partial charge in [0.25, 0.3) is 0 Å². The second kappa shape index (κ2) is 6.23. The van der Waals surface area contributed by atoms with Gasteiger partial charge in [0.2, 0.25) is 0 Å². The number of benzene rings is 1. The van der Waals surface area contributed by atoms with Crippen LogP contribution < -0.4 is 0 Å². The van der Waals surface area contributed by atoms with Crippen molar-refractivity contribution in [2.75, 3.05) is 0 Å². The van der Waals surface area contributed by atoms with Crippen LogP contribution in [0.25, 0.3) is 0 Å². The van der Waals surface area contributed by atoms with Gasteiger partial charge in [-0.1, -0.05) is 57.4 Å². The molecule has 1 aromatic rings. The number of hydrogen-bond acceptors (Lipinski definition) is 0. The fraction of sp³-hybridized carbons (Fsp3) is 0.647. The molecule has 0 heteroatoms. The minimum absolute atomic E-state index is 0.762. The zero-order valence-corrected chi connectivity index (χ0v) is 11.4. The summed E-state index contributed by atoms with van der Waals surface area (Å²) in [7, 11) is 0. The van der Waals surface area contributed by atoms with E-state index < -0.39 is 0 Å². The lowest BCUT2D eigenvalue weighted by atomic mass is 9.86. The van der Waals surface area contributed by atoms with Crippen molar-refractivity contribution in [2.45, 2.75) is 64.7 Å². The standard InChI is InChI=1S/C17H26/c1-3-4-7-15-10-12-17(13-11-15)14(2)16-8-5-6-9-16/h10-14,16H,3-9H2,1-2H3/t14-/m0/s1. The minimum atomic E-state index is 0.762. The van der Waals surface area contributed by atoms with Crippen molar-refractivity contribution in [3.05, 3.63) is 35.4 Å². The van der Waals surface area contributed by atoms with Gasteiger partial charge in [0.1, 0.15) is 0 Å². The SMILES string of the molecule is CCCCc1ccc([C@@H](C)C2CCCC2)cc1. The van der Waals surface area contributed by atoms with Crippen molar-refractivity contribution in [3.63, 3.8) is 0 Å². The van der Waals surface area contributed by atoms with Crippen LogP contribution in [0.1, 0.15) is 69.4 Å². The maximum Gasteiger partial charge on any atom is -0.0162 e. The summed E-state index contributed by atoms with van der Waals surface area (Å²) in [5, 5.41) is 0. The monoisotopic (exact) mass is 230 g/mol. The zero-order valence-electron chi connectivity index (χ0n) is 11.4. The Labute approximate surface area is 106 Å². The van der Waals surface area contributed by atoms with Crippen LogP contribution in [0.15, 0.2) is 24.3 Å². The van der Waals surface area contributed by atoms with Gasteiger partial charge >= 0.3 is 0 Å². The first-order valence-corrected chi connectivity index (χ1v) is 7.40. The van der Waals surface area contributed by atoms with E-state index in [1.807, 2.05) is 0 Å². The Morgan fingerprint density at radius 3 is 2.35 bits per heavy atom. The van der Waals surface area contributed by atoms with Crippen molar-refractivity contribution >= 4 is 0 Å². The molecule has 0 nitrogen and oxygen atoms in total. The molecular formula is C17H26. The number of unbranched alkanes of at least 4 members (excludes halogenated alkanes) is 1. The van der Waals surface area contributed by atoms with Crippen LogP contribution in [0, 0.1) is 5.92 Å². The van der Waals surface area contributed by atoms with Gasteiger partial charge in [0.05, 0.1) is 0 Å². The predicted molar refractivity (Wildman–Crippen MR) is 75.4 cm³/mol. The van der Waals surface area contributed by atoms with Crippen LogP contribution in [0.3, 0.4) is 0 Å². The number of hydrogen-bond donors (Lipinski definition) is 0. The molecule has 17 heavy (non-hydrogen) atoms. The molecular weight excluding hydrogens is 204 g/mol. The molecule has 0 saturated heterocycles. The summed E-state index contributed by atoms with van der Waals surface area (Å²) in [6, 6.07) is 9.43. The van der Waals surface area contributed by atoms with E-state index in [4.69, 9.17) is 0 Å². The molecule has 0 bridgehead atoms. The van der Waals surface area contributed by atoms with Crippen LogP contribution in [-0.2, 0) is 6.42 Å². The average molecular weight is 230 g/mol. The van der Waals surface area contributed by atoms with Crippen molar-refractivity contribution in [3.8, 4) is 0 Å². The first-order valence-electron chi connectivity index (χ1n) is 7.40. The molecule has 0 aliphatic heterocycles. The first-order chi connectivity index (χ1) is 8.31. The molecule has 1 fully saturated rings. The Morgan fingerprint density at radius 2 is 1.76 bits per heavy atom. The van der Waals surface area contributed by atoms with Crippen LogP contribution in [0.2, 0.25) is 0 Å². The third kappa shape index (κ3) is 3.34. The molecule has 1 aliphatic carbocycles. The van der Waals surface area contributed by atoms with Gasteiger partial charge in [-0.2, -0.15) is 0 Å². The lowest BCUT2D eigenvalue weighted by Gasteiger charge is -2.19. The third-order valence-electron chi connectivity index (χ3n) is 4.43. The smallest absolute Gasteiger partial charge is 0.0162 e. The van der Waals surface area contributed by atoms with E-state index in [0.29, 0.717) is 0 Å². The summed E-state index contributed by atoms with van der Waals surface area (Å²) in [5.74, 6) is 1.70. The normalized spacial score (nSPS) is 18.5.